The van der Waals surface area contributed by atoms with Crippen molar-refractivity contribution in [3.05, 3.63) is 35.9 Å². The quantitative estimate of drug-likeness (QED) is 0.774. The van der Waals surface area contributed by atoms with E-state index in [1.54, 1.807) is 20.8 Å². The van der Waals surface area contributed by atoms with Crippen LogP contribution in [0.5, 0.6) is 0 Å². The van der Waals surface area contributed by atoms with Gasteiger partial charge in [0.2, 0.25) is 0 Å². The van der Waals surface area contributed by atoms with Crippen molar-refractivity contribution >= 4 is 12.2 Å². The SMILES string of the molecule is C#C[C@@H]1CN(C(=O)OC(C)(C)C)CCN1C(=O)OCc1ccccc1. The number of carbonyl (C=O) groups is 2. The van der Waals surface area contributed by atoms with Gasteiger partial charge in [-0.25, -0.2) is 9.59 Å². The summed E-state index contributed by atoms with van der Waals surface area (Å²) in [5.74, 6) is 2.56. The minimum atomic E-state index is -0.575. The molecule has 1 saturated heterocycles. The fourth-order valence-electron chi connectivity index (χ4n) is 2.44. The molecule has 1 heterocycles. The molecule has 6 heteroatoms. The van der Waals surface area contributed by atoms with E-state index in [2.05, 4.69) is 5.92 Å². The van der Waals surface area contributed by atoms with Gasteiger partial charge in [0.15, 0.2) is 0 Å². The predicted molar refractivity (Wildman–Crippen MR) is 93.8 cm³/mol. The molecule has 134 valence electrons. The van der Waals surface area contributed by atoms with E-state index in [0.717, 1.165) is 5.56 Å². The van der Waals surface area contributed by atoms with E-state index in [9.17, 15) is 9.59 Å². The molecule has 0 aliphatic carbocycles. The maximum Gasteiger partial charge on any atom is 0.411 e. The number of ether oxygens (including phenoxy) is 2. The van der Waals surface area contributed by atoms with E-state index in [4.69, 9.17) is 15.9 Å². The lowest BCUT2D eigenvalue weighted by molar-refractivity contribution is 0.00710. The number of piperazine rings is 1. The van der Waals surface area contributed by atoms with Gasteiger partial charge < -0.3 is 14.4 Å². The summed E-state index contributed by atoms with van der Waals surface area (Å²) in [6.07, 6.45) is 4.65. The average Bonchev–Trinajstić information content (AvgIpc) is 2.58. The van der Waals surface area contributed by atoms with Crippen molar-refractivity contribution in [1.82, 2.24) is 9.80 Å². The topological polar surface area (TPSA) is 59.1 Å². The normalized spacial score (nSPS) is 17.6. The summed E-state index contributed by atoms with van der Waals surface area (Å²) in [5, 5.41) is 0. The Kier molecular flexibility index (Phi) is 5.92. The van der Waals surface area contributed by atoms with Crippen LogP contribution in [0.3, 0.4) is 0 Å². The minimum Gasteiger partial charge on any atom is -0.445 e. The summed E-state index contributed by atoms with van der Waals surface area (Å²) in [4.78, 5) is 27.5. The van der Waals surface area contributed by atoms with E-state index in [0.29, 0.717) is 13.1 Å². The van der Waals surface area contributed by atoms with Gasteiger partial charge in [0, 0.05) is 13.1 Å². The van der Waals surface area contributed by atoms with Gasteiger partial charge in [-0.05, 0) is 26.3 Å². The summed E-state index contributed by atoms with van der Waals surface area (Å²) in [7, 11) is 0. The third-order valence-corrected chi connectivity index (χ3v) is 3.66. The minimum absolute atomic E-state index is 0.184. The lowest BCUT2D eigenvalue weighted by atomic mass is 10.2. The van der Waals surface area contributed by atoms with E-state index in [1.807, 2.05) is 30.3 Å². The second kappa shape index (κ2) is 7.93. The van der Waals surface area contributed by atoms with Crippen LogP contribution in [-0.4, -0.2) is 53.3 Å². The van der Waals surface area contributed by atoms with Crippen molar-refractivity contribution in [3.63, 3.8) is 0 Å². The van der Waals surface area contributed by atoms with E-state index < -0.39 is 23.8 Å². The Labute approximate surface area is 148 Å². The lowest BCUT2D eigenvalue weighted by Crippen LogP contribution is -2.56. The molecule has 1 aromatic rings. The maximum absolute atomic E-state index is 12.3. The first-order valence-electron chi connectivity index (χ1n) is 8.21. The molecule has 0 N–H and O–H groups in total. The molecule has 0 saturated carbocycles. The summed E-state index contributed by atoms with van der Waals surface area (Å²) < 4.78 is 10.7. The standard InChI is InChI=1S/C19H24N2O4/c1-5-16-13-20(17(22)25-19(2,3)4)11-12-21(16)18(23)24-14-15-9-7-6-8-10-15/h1,6-10,16H,11-14H2,2-4H3/t16-/m1/s1. The smallest absolute Gasteiger partial charge is 0.411 e. The number of terminal acetylenes is 1. The monoisotopic (exact) mass is 344 g/mol. The zero-order chi connectivity index (χ0) is 18.4. The molecule has 0 unspecified atom stereocenters. The molecule has 1 aromatic carbocycles. The Balaban J connectivity index is 1.92. The van der Waals surface area contributed by atoms with Crippen LogP contribution in [0.4, 0.5) is 9.59 Å². The second-order valence-electron chi connectivity index (χ2n) is 6.84. The summed E-state index contributed by atoms with van der Waals surface area (Å²) >= 11 is 0. The molecule has 2 amide bonds. The van der Waals surface area contributed by atoms with Crippen molar-refractivity contribution in [1.29, 1.82) is 0 Å². The highest BCUT2D eigenvalue weighted by atomic mass is 16.6. The fourth-order valence-corrected chi connectivity index (χ4v) is 2.44. The van der Waals surface area contributed by atoms with Crippen LogP contribution >= 0.6 is 0 Å². The molecule has 6 nitrogen and oxygen atoms in total. The maximum atomic E-state index is 12.3. The summed E-state index contributed by atoms with van der Waals surface area (Å²) in [6, 6.07) is 8.89. The predicted octanol–water partition coefficient (Wildman–Crippen LogP) is 2.88. The number of rotatable bonds is 2. The fraction of sp³-hybridized carbons (Fsp3) is 0.474. The first-order chi connectivity index (χ1) is 11.8. The zero-order valence-corrected chi connectivity index (χ0v) is 14.9. The van der Waals surface area contributed by atoms with Crippen LogP contribution < -0.4 is 0 Å². The van der Waals surface area contributed by atoms with E-state index in [-0.39, 0.29) is 13.2 Å². The van der Waals surface area contributed by atoms with E-state index in [1.165, 1.54) is 9.80 Å². The number of hydrogen-bond donors (Lipinski definition) is 0. The van der Waals surface area contributed by atoms with Gasteiger partial charge in [-0.15, -0.1) is 6.42 Å². The van der Waals surface area contributed by atoms with Crippen molar-refractivity contribution in [2.45, 2.75) is 39.0 Å². The summed E-state index contributed by atoms with van der Waals surface area (Å²) in [5.41, 5.74) is 0.328. The van der Waals surface area contributed by atoms with Gasteiger partial charge in [-0.1, -0.05) is 36.3 Å². The Morgan fingerprint density at radius 2 is 1.88 bits per heavy atom. The molecule has 1 fully saturated rings. The van der Waals surface area contributed by atoms with Crippen LogP contribution in [0.2, 0.25) is 0 Å². The van der Waals surface area contributed by atoms with Crippen molar-refractivity contribution in [3.8, 4) is 12.3 Å². The molecule has 1 atom stereocenters. The average molecular weight is 344 g/mol. The van der Waals surface area contributed by atoms with Gasteiger partial charge in [-0.2, -0.15) is 0 Å². The third kappa shape index (κ3) is 5.42. The van der Waals surface area contributed by atoms with Crippen LogP contribution in [0.1, 0.15) is 26.3 Å². The van der Waals surface area contributed by atoms with Crippen LogP contribution in [0.25, 0.3) is 0 Å². The Bertz CT molecular complexity index is 646. The molecule has 0 aromatic heterocycles. The second-order valence-corrected chi connectivity index (χ2v) is 6.84. The Morgan fingerprint density at radius 1 is 1.20 bits per heavy atom. The van der Waals surface area contributed by atoms with Crippen LogP contribution in [0.15, 0.2) is 30.3 Å². The highest BCUT2D eigenvalue weighted by Crippen LogP contribution is 2.16. The first-order valence-corrected chi connectivity index (χ1v) is 8.21. The van der Waals surface area contributed by atoms with Crippen molar-refractivity contribution in [2.24, 2.45) is 0 Å². The molecular formula is C19H24N2O4. The largest absolute Gasteiger partial charge is 0.445 e. The molecular weight excluding hydrogens is 320 g/mol. The molecule has 0 bridgehead atoms. The highest BCUT2D eigenvalue weighted by molar-refractivity contribution is 5.71. The third-order valence-electron chi connectivity index (χ3n) is 3.66. The van der Waals surface area contributed by atoms with Gasteiger partial charge >= 0.3 is 12.2 Å². The summed E-state index contributed by atoms with van der Waals surface area (Å²) in [6.45, 7) is 6.49. The Morgan fingerprint density at radius 3 is 2.48 bits per heavy atom. The number of carbonyl (C=O) groups excluding carboxylic acids is 2. The molecule has 1 aliphatic rings. The number of amides is 2. The molecule has 0 spiro atoms. The molecule has 2 rings (SSSR count). The number of hydrogen-bond acceptors (Lipinski definition) is 4. The zero-order valence-electron chi connectivity index (χ0n) is 14.9. The van der Waals surface area contributed by atoms with Gasteiger partial charge in [0.05, 0.1) is 6.54 Å². The highest BCUT2D eigenvalue weighted by Gasteiger charge is 2.34. The molecule has 1 aliphatic heterocycles. The molecule has 0 radical (unpaired) electrons. The van der Waals surface area contributed by atoms with Crippen LogP contribution in [0, 0.1) is 12.3 Å². The van der Waals surface area contributed by atoms with Gasteiger partial charge in [-0.3, -0.25) is 4.90 Å². The van der Waals surface area contributed by atoms with Crippen molar-refractivity contribution in [2.75, 3.05) is 19.6 Å². The number of nitrogens with zero attached hydrogens (tertiary/aromatic N) is 2. The number of benzene rings is 1. The lowest BCUT2D eigenvalue weighted by Gasteiger charge is -2.38. The van der Waals surface area contributed by atoms with Crippen molar-refractivity contribution < 1.29 is 19.1 Å². The molecule has 25 heavy (non-hydrogen) atoms. The van der Waals surface area contributed by atoms with Gasteiger partial charge in [0.25, 0.3) is 0 Å². The Hall–Kier alpha value is -2.68. The first kappa shape index (κ1) is 18.7. The van der Waals surface area contributed by atoms with Crippen LogP contribution in [-0.2, 0) is 16.1 Å². The van der Waals surface area contributed by atoms with Gasteiger partial charge in [0.1, 0.15) is 18.2 Å². The van der Waals surface area contributed by atoms with E-state index >= 15 is 0 Å².